The third kappa shape index (κ3) is 4.03. The maximum absolute atomic E-state index is 11.2. The Bertz CT molecular complexity index is 770. The summed E-state index contributed by atoms with van der Waals surface area (Å²) in [6.45, 7) is 0.298. The highest BCUT2D eigenvalue weighted by Crippen LogP contribution is 2.42. The predicted octanol–water partition coefficient (Wildman–Crippen LogP) is 3.72. The van der Waals surface area contributed by atoms with E-state index in [1.807, 2.05) is 42.5 Å². The molecule has 0 spiro atoms. The minimum absolute atomic E-state index is 0.169. The minimum atomic E-state index is -0.851. The van der Waals surface area contributed by atoms with Crippen LogP contribution in [-0.2, 0) is 11.4 Å². The summed E-state index contributed by atoms with van der Waals surface area (Å²) >= 11 is 7.73. The first-order chi connectivity index (χ1) is 12.1. The normalized spacial score (nSPS) is 19.6. The Hall–Kier alpha value is -1.89. The number of carboxylic acid groups (broad SMARTS) is 1. The molecule has 0 saturated carbocycles. The number of ether oxygens (including phenoxy) is 2. The quantitative estimate of drug-likeness (QED) is 0.797. The maximum atomic E-state index is 11.2. The summed E-state index contributed by atoms with van der Waals surface area (Å²) in [5.74, 6) is 0.851. The fourth-order valence-electron chi connectivity index (χ4n) is 2.61. The molecule has 0 bridgehead atoms. The van der Waals surface area contributed by atoms with Crippen LogP contribution in [0.15, 0.2) is 42.5 Å². The molecule has 0 aromatic heterocycles. The van der Waals surface area contributed by atoms with Gasteiger partial charge in [-0.3, -0.25) is 10.1 Å². The van der Waals surface area contributed by atoms with Gasteiger partial charge in [0.2, 0.25) is 0 Å². The Kier molecular flexibility index (Phi) is 5.73. The number of hydrogen-bond acceptors (Lipinski definition) is 5. The molecule has 1 aliphatic heterocycles. The summed E-state index contributed by atoms with van der Waals surface area (Å²) in [6, 6.07) is 12.5. The van der Waals surface area contributed by atoms with Crippen molar-refractivity contribution in [2.75, 3.05) is 12.9 Å². The zero-order valence-corrected chi connectivity index (χ0v) is 15.1. The van der Waals surface area contributed by atoms with Crippen LogP contribution in [0.5, 0.6) is 11.5 Å². The zero-order valence-electron chi connectivity index (χ0n) is 13.6. The molecule has 25 heavy (non-hydrogen) atoms. The number of aliphatic carboxylic acids is 1. The Morgan fingerprint density at radius 2 is 2.12 bits per heavy atom. The van der Waals surface area contributed by atoms with Gasteiger partial charge in [-0.25, -0.2) is 0 Å². The van der Waals surface area contributed by atoms with Crippen LogP contribution in [0.1, 0.15) is 16.5 Å². The topological polar surface area (TPSA) is 67.8 Å². The Balaban J connectivity index is 1.85. The molecule has 7 heteroatoms. The summed E-state index contributed by atoms with van der Waals surface area (Å²) in [6.07, 6.45) is 0. The molecule has 1 heterocycles. The van der Waals surface area contributed by atoms with Gasteiger partial charge in [0.1, 0.15) is 12.6 Å². The van der Waals surface area contributed by atoms with E-state index < -0.39 is 12.0 Å². The fraction of sp³-hybridized carbons (Fsp3) is 0.278. The molecule has 0 aliphatic carbocycles. The lowest BCUT2D eigenvalue weighted by Crippen LogP contribution is -2.33. The molecule has 1 saturated heterocycles. The highest BCUT2D eigenvalue weighted by atomic mass is 35.5. The number of carbonyl (C=O) groups is 1. The van der Waals surface area contributed by atoms with Gasteiger partial charge in [0.15, 0.2) is 11.5 Å². The number of nitrogens with one attached hydrogen (secondary N) is 1. The van der Waals surface area contributed by atoms with Gasteiger partial charge in [0.05, 0.1) is 12.5 Å². The number of para-hydroxylation sites is 1. The van der Waals surface area contributed by atoms with Crippen LogP contribution in [0.3, 0.4) is 0 Å². The number of hydrogen-bond donors (Lipinski definition) is 2. The zero-order chi connectivity index (χ0) is 17.8. The van der Waals surface area contributed by atoms with E-state index in [-0.39, 0.29) is 5.37 Å². The maximum Gasteiger partial charge on any atom is 0.321 e. The molecular formula is C18H18ClNO4S. The van der Waals surface area contributed by atoms with Crippen LogP contribution in [0.2, 0.25) is 5.02 Å². The van der Waals surface area contributed by atoms with Crippen LogP contribution >= 0.6 is 23.4 Å². The Morgan fingerprint density at radius 1 is 1.32 bits per heavy atom. The minimum Gasteiger partial charge on any atom is -0.493 e. The molecule has 2 aromatic carbocycles. The second kappa shape index (κ2) is 7.99. The molecule has 3 rings (SSSR count). The van der Waals surface area contributed by atoms with Crippen molar-refractivity contribution < 1.29 is 19.4 Å². The highest BCUT2D eigenvalue weighted by molar-refractivity contribution is 7.99. The molecular weight excluding hydrogens is 362 g/mol. The molecule has 2 unspecified atom stereocenters. The molecule has 132 valence electrons. The van der Waals surface area contributed by atoms with E-state index in [2.05, 4.69) is 5.32 Å². The Labute approximate surface area is 155 Å². The van der Waals surface area contributed by atoms with Gasteiger partial charge in [0.25, 0.3) is 0 Å². The molecule has 2 aromatic rings. The molecule has 2 atom stereocenters. The van der Waals surface area contributed by atoms with Crippen LogP contribution in [-0.4, -0.2) is 30.0 Å². The summed E-state index contributed by atoms with van der Waals surface area (Å²) in [4.78, 5) is 11.2. The van der Waals surface area contributed by atoms with E-state index in [1.54, 1.807) is 7.11 Å². The van der Waals surface area contributed by atoms with Crippen LogP contribution in [0.4, 0.5) is 0 Å². The van der Waals surface area contributed by atoms with Gasteiger partial charge in [0, 0.05) is 21.9 Å². The van der Waals surface area contributed by atoms with E-state index in [4.69, 9.17) is 21.1 Å². The van der Waals surface area contributed by atoms with Crippen molar-refractivity contribution >= 4 is 29.3 Å². The average molecular weight is 380 g/mol. The van der Waals surface area contributed by atoms with E-state index >= 15 is 0 Å². The lowest BCUT2D eigenvalue weighted by atomic mass is 10.1. The monoisotopic (exact) mass is 379 g/mol. The Morgan fingerprint density at radius 3 is 2.80 bits per heavy atom. The van der Waals surface area contributed by atoms with Crippen molar-refractivity contribution in [1.29, 1.82) is 0 Å². The average Bonchev–Trinajstić information content (AvgIpc) is 3.11. The van der Waals surface area contributed by atoms with Crippen molar-refractivity contribution in [3.8, 4) is 11.5 Å². The van der Waals surface area contributed by atoms with Crippen molar-refractivity contribution in [2.24, 2.45) is 0 Å². The highest BCUT2D eigenvalue weighted by Gasteiger charge is 2.32. The largest absolute Gasteiger partial charge is 0.493 e. The van der Waals surface area contributed by atoms with Gasteiger partial charge >= 0.3 is 5.97 Å². The third-order valence-corrected chi connectivity index (χ3v) is 5.54. The number of rotatable bonds is 6. The molecule has 0 radical (unpaired) electrons. The van der Waals surface area contributed by atoms with Crippen LogP contribution in [0.25, 0.3) is 0 Å². The van der Waals surface area contributed by atoms with E-state index in [1.165, 1.54) is 11.8 Å². The first-order valence-electron chi connectivity index (χ1n) is 7.73. The van der Waals surface area contributed by atoms with Gasteiger partial charge in [-0.1, -0.05) is 41.9 Å². The summed E-state index contributed by atoms with van der Waals surface area (Å²) in [7, 11) is 1.58. The third-order valence-electron chi connectivity index (χ3n) is 3.92. The molecule has 5 nitrogen and oxygen atoms in total. The molecule has 1 aliphatic rings. The van der Waals surface area contributed by atoms with Gasteiger partial charge < -0.3 is 14.6 Å². The lowest BCUT2D eigenvalue weighted by Gasteiger charge is -2.19. The van der Waals surface area contributed by atoms with Crippen molar-refractivity contribution in [2.45, 2.75) is 18.0 Å². The van der Waals surface area contributed by atoms with Crippen molar-refractivity contribution in [1.82, 2.24) is 5.32 Å². The van der Waals surface area contributed by atoms with Crippen molar-refractivity contribution in [3.63, 3.8) is 0 Å². The first kappa shape index (κ1) is 17.9. The number of carboxylic acids is 1. The second-order valence-electron chi connectivity index (χ2n) is 5.53. The number of thioether (sulfide) groups is 1. The standard InChI is InChI=1S/C18H18ClNO4S/c1-23-15-8-4-6-12(17-20-14(10-25-17)18(21)22)16(15)24-9-11-5-2-3-7-13(11)19/h2-8,14,17,20H,9-10H2,1H3,(H,21,22). The SMILES string of the molecule is COc1cccc(C2NC(C(=O)O)CS2)c1OCc1ccccc1Cl. The van der Waals surface area contributed by atoms with Crippen LogP contribution < -0.4 is 14.8 Å². The van der Waals surface area contributed by atoms with E-state index in [0.29, 0.717) is 28.9 Å². The number of benzene rings is 2. The number of halogens is 1. The fourth-order valence-corrected chi connectivity index (χ4v) is 4.05. The van der Waals surface area contributed by atoms with Gasteiger partial charge in [-0.05, 0) is 12.1 Å². The summed E-state index contributed by atoms with van der Waals surface area (Å²) in [5, 5.41) is 12.8. The second-order valence-corrected chi connectivity index (χ2v) is 7.07. The van der Waals surface area contributed by atoms with E-state index in [0.717, 1.165) is 11.1 Å². The summed E-state index contributed by atoms with van der Waals surface area (Å²) in [5.41, 5.74) is 1.73. The van der Waals surface area contributed by atoms with Gasteiger partial charge in [-0.15, -0.1) is 11.8 Å². The number of methoxy groups -OCH3 is 1. The smallest absolute Gasteiger partial charge is 0.321 e. The summed E-state index contributed by atoms with van der Waals surface area (Å²) < 4.78 is 11.5. The van der Waals surface area contributed by atoms with Crippen molar-refractivity contribution in [3.05, 3.63) is 58.6 Å². The predicted molar refractivity (Wildman–Crippen MR) is 98.5 cm³/mol. The van der Waals surface area contributed by atoms with E-state index in [9.17, 15) is 9.90 Å². The molecule has 1 fully saturated rings. The van der Waals surface area contributed by atoms with Crippen LogP contribution in [0, 0.1) is 0 Å². The van der Waals surface area contributed by atoms with Gasteiger partial charge in [-0.2, -0.15) is 0 Å². The lowest BCUT2D eigenvalue weighted by molar-refractivity contribution is -0.138. The molecule has 0 amide bonds. The first-order valence-corrected chi connectivity index (χ1v) is 9.16. The molecule has 2 N–H and O–H groups in total.